The molecule has 2 aromatic rings. The van der Waals surface area contributed by atoms with Gasteiger partial charge in [-0.2, -0.15) is 5.26 Å². The Morgan fingerprint density at radius 3 is 2.21 bits per heavy atom. The van der Waals surface area contributed by atoms with Gasteiger partial charge in [-0.15, -0.1) is 10.2 Å². The Bertz CT molecular complexity index is 905. The van der Waals surface area contributed by atoms with Gasteiger partial charge in [-0.1, -0.05) is 70.6 Å². The van der Waals surface area contributed by atoms with E-state index in [9.17, 15) is 10.1 Å². The summed E-state index contributed by atoms with van der Waals surface area (Å²) in [6, 6.07) is 10.5. The van der Waals surface area contributed by atoms with Crippen molar-refractivity contribution in [1.82, 2.24) is 20.1 Å². The zero-order valence-electron chi connectivity index (χ0n) is 18.6. The fraction of sp³-hybridized carbons (Fsp3) is 0.545. The third-order valence-corrected chi connectivity index (χ3v) is 6.40. The molecule has 0 saturated carbocycles. The van der Waals surface area contributed by atoms with Gasteiger partial charge in [-0.25, -0.2) is 0 Å². The number of nitriles is 1. The first-order valence-electron chi connectivity index (χ1n) is 9.79. The highest BCUT2D eigenvalue weighted by molar-refractivity contribution is 8.00. The number of nitrogens with one attached hydrogen (secondary N) is 1. The van der Waals surface area contributed by atoms with Crippen LogP contribution in [-0.4, -0.2) is 31.5 Å². The van der Waals surface area contributed by atoms with E-state index in [0.717, 1.165) is 11.4 Å². The van der Waals surface area contributed by atoms with Gasteiger partial charge in [0.05, 0.1) is 11.3 Å². The fourth-order valence-electron chi connectivity index (χ4n) is 2.66. The molecule has 7 heteroatoms. The Morgan fingerprint density at radius 1 is 1.14 bits per heavy atom. The maximum absolute atomic E-state index is 12.6. The minimum Gasteiger partial charge on any atom is -0.337 e. The highest BCUT2D eigenvalue weighted by Gasteiger charge is 2.32. The number of hydrogen-bond acceptors (Lipinski definition) is 5. The Balaban J connectivity index is 2.15. The Hall–Kier alpha value is -2.33. The molecule has 0 saturated heterocycles. The molecule has 0 aliphatic carbocycles. The minimum atomic E-state index is -0.897. The van der Waals surface area contributed by atoms with Gasteiger partial charge in [0.25, 0.3) is 0 Å². The predicted molar refractivity (Wildman–Crippen MR) is 117 cm³/mol. The lowest BCUT2D eigenvalue weighted by molar-refractivity contribution is -0.121. The summed E-state index contributed by atoms with van der Waals surface area (Å²) in [6.07, 6.45) is 0. The van der Waals surface area contributed by atoms with Crippen molar-refractivity contribution in [2.75, 3.05) is 0 Å². The summed E-state index contributed by atoms with van der Waals surface area (Å²) in [7, 11) is 1.90. The Morgan fingerprint density at radius 2 is 1.72 bits per heavy atom. The van der Waals surface area contributed by atoms with Crippen molar-refractivity contribution in [3.05, 3.63) is 29.8 Å². The lowest BCUT2D eigenvalue weighted by Crippen LogP contribution is -2.51. The van der Waals surface area contributed by atoms with Crippen LogP contribution in [0.4, 0.5) is 0 Å². The van der Waals surface area contributed by atoms with E-state index < -0.39 is 10.8 Å². The van der Waals surface area contributed by atoms with Crippen molar-refractivity contribution in [1.29, 1.82) is 5.26 Å². The molecule has 0 bridgehead atoms. The van der Waals surface area contributed by atoms with E-state index in [1.165, 1.54) is 17.3 Å². The van der Waals surface area contributed by atoms with Crippen molar-refractivity contribution in [2.24, 2.45) is 13.0 Å². The molecule has 1 aromatic heterocycles. The number of hydrogen-bond donors (Lipinski definition) is 1. The number of amides is 1. The van der Waals surface area contributed by atoms with Crippen LogP contribution >= 0.6 is 11.8 Å². The van der Waals surface area contributed by atoms with Gasteiger partial charge < -0.3 is 9.88 Å². The number of carbonyl (C=O) groups excluding carboxylic acids is 1. The zero-order chi connectivity index (χ0) is 22.0. The van der Waals surface area contributed by atoms with Gasteiger partial charge in [0.1, 0.15) is 5.54 Å². The molecule has 6 nitrogen and oxygen atoms in total. The van der Waals surface area contributed by atoms with Gasteiger partial charge >= 0.3 is 0 Å². The highest BCUT2D eigenvalue weighted by atomic mass is 32.2. The molecule has 2 rings (SSSR count). The molecule has 0 fully saturated rings. The summed E-state index contributed by atoms with van der Waals surface area (Å²) in [5, 5.41) is 21.1. The first-order valence-corrected chi connectivity index (χ1v) is 10.7. The van der Waals surface area contributed by atoms with Crippen LogP contribution < -0.4 is 5.32 Å². The van der Waals surface area contributed by atoms with E-state index in [-0.39, 0.29) is 17.2 Å². The van der Waals surface area contributed by atoms with Crippen LogP contribution in [0.5, 0.6) is 0 Å². The quantitative estimate of drug-likeness (QED) is 0.713. The average Bonchev–Trinajstić information content (AvgIpc) is 3.01. The maximum Gasteiger partial charge on any atom is 0.234 e. The second-order valence-corrected chi connectivity index (χ2v) is 10.2. The summed E-state index contributed by atoms with van der Waals surface area (Å²) in [4.78, 5) is 12.6. The molecule has 0 aliphatic rings. The van der Waals surface area contributed by atoms with Crippen molar-refractivity contribution < 1.29 is 4.79 Å². The molecule has 0 spiro atoms. The number of rotatable bonds is 6. The third-order valence-electron chi connectivity index (χ3n) is 5.27. The molecule has 156 valence electrons. The predicted octanol–water partition coefficient (Wildman–Crippen LogP) is 4.31. The summed E-state index contributed by atoms with van der Waals surface area (Å²) < 4.78 is 1.90. The van der Waals surface area contributed by atoms with Gasteiger partial charge in [0.15, 0.2) is 11.0 Å². The van der Waals surface area contributed by atoms with E-state index in [1.807, 2.05) is 32.4 Å². The van der Waals surface area contributed by atoms with Crippen molar-refractivity contribution >= 4 is 17.7 Å². The molecule has 1 aromatic carbocycles. The second-order valence-electron chi connectivity index (χ2n) is 8.91. The molecule has 0 radical (unpaired) electrons. The molecular weight excluding hydrogens is 382 g/mol. The summed E-state index contributed by atoms with van der Waals surface area (Å²) in [6.45, 7) is 13.9. The molecular formula is C22H31N5OS. The van der Waals surface area contributed by atoms with Crippen LogP contribution in [0.15, 0.2) is 29.4 Å². The molecule has 29 heavy (non-hydrogen) atoms. The van der Waals surface area contributed by atoms with Gasteiger partial charge in [-0.3, -0.25) is 4.79 Å². The first-order chi connectivity index (χ1) is 13.4. The average molecular weight is 414 g/mol. The molecule has 1 N–H and O–H groups in total. The fourth-order valence-corrected chi connectivity index (χ4v) is 3.47. The second kappa shape index (κ2) is 8.58. The smallest absolute Gasteiger partial charge is 0.234 e. The molecule has 2 atom stereocenters. The first kappa shape index (κ1) is 23.0. The Labute approximate surface area is 178 Å². The van der Waals surface area contributed by atoms with Crippen LogP contribution in [0, 0.1) is 17.2 Å². The van der Waals surface area contributed by atoms with Crippen LogP contribution in [0.2, 0.25) is 0 Å². The van der Waals surface area contributed by atoms with Crippen LogP contribution in [0.25, 0.3) is 11.4 Å². The summed E-state index contributed by atoms with van der Waals surface area (Å²) >= 11 is 1.33. The third kappa shape index (κ3) is 5.18. The summed E-state index contributed by atoms with van der Waals surface area (Å²) in [5.74, 6) is 0.572. The van der Waals surface area contributed by atoms with Gasteiger partial charge in [0.2, 0.25) is 5.91 Å². The number of carbonyl (C=O) groups is 1. The standard InChI is InChI=1S/C22H31N5OS/c1-14(2)22(7,13-23)24-19(28)15(3)29-20-26-25-18(27(20)8)16-9-11-17(12-10-16)21(4,5)6/h9-12,14-15H,1-8H3,(H,24,28)/t15-,22+/m1/s1. The van der Waals surface area contributed by atoms with Gasteiger partial charge in [0, 0.05) is 12.6 Å². The van der Waals surface area contributed by atoms with E-state index in [0.29, 0.717) is 5.16 Å². The molecule has 0 unspecified atom stereocenters. The van der Waals surface area contributed by atoms with Gasteiger partial charge in [-0.05, 0) is 30.7 Å². The summed E-state index contributed by atoms with van der Waals surface area (Å²) in [5.41, 5.74) is 1.44. The van der Waals surface area contributed by atoms with Crippen molar-refractivity contribution in [3.8, 4) is 17.5 Å². The molecule has 0 aliphatic heterocycles. The van der Waals surface area contributed by atoms with Crippen LogP contribution in [-0.2, 0) is 17.3 Å². The van der Waals surface area contributed by atoms with E-state index in [4.69, 9.17) is 0 Å². The largest absolute Gasteiger partial charge is 0.337 e. The van der Waals surface area contributed by atoms with Crippen LogP contribution in [0.1, 0.15) is 54.0 Å². The van der Waals surface area contributed by atoms with E-state index in [1.54, 1.807) is 6.92 Å². The highest BCUT2D eigenvalue weighted by Crippen LogP contribution is 2.28. The lowest BCUT2D eigenvalue weighted by atomic mass is 9.87. The van der Waals surface area contributed by atoms with Crippen molar-refractivity contribution in [3.63, 3.8) is 0 Å². The lowest BCUT2D eigenvalue weighted by Gasteiger charge is -2.28. The number of nitrogens with zero attached hydrogens (tertiary/aromatic N) is 4. The SMILES string of the molecule is CC(C)[C@](C)(C#N)NC(=O)[C@@H](C)Sc1nnc(-c2ccc(C(C)(C)C)cc2)n1C. The minimum absolute atomic E-state index is 0.00570. The van der Waals surface area contributed by atoms with E-state index >= 15 is 0 Å². The number of aromatic nitrogens is 3. The monoisotopic (exact) mass is 413 g/mol. The normalized spacial score (nSPS) is 14.9. The molecule has 1 heterocycles. The van der Waals surface area contributed by atoms with Crippen molar-refractivity contribution in [2.45, 2.75) is 69.8 Å². The van der Waals surface area contributed by atoms with E-state index in [2.05, 4.69) is 66.6 Å². The topological polar surface area (TPSA) is 83.6 Å². The zero-order valence-corrected chi connectivity index (χ0v) is 19.4. The number of thioether (sulfide) groups is 1. The maximum atomic E-state index is 12.6. The number of benzene rings is 1. The van der Waals surface area contributed by atoms with Crippen LogP contribution in [0.3, 0.4) is 0 Å². The Kier molecular flexibility index (Phi) is 6.79. The molecule has 1 amide bonds.